The Bertz CT molecular complexity index is 599. The van der Waals surface area contributed by atoms with Crippen molar-refractivity contribution in [3.8, 4) is 5.75 Å². The van der Waals surface area contributed by atoms with Gasteiger partial charge >= 0.3 is 0 Å². The first-order valence-electron chi connectivity index (χ1n) is 7.75. The molecule has 2 rings (SSSR count). The van der Waals surface area contributed by atoms with E-state index < -0.39 is 0 Å². The van der Waals surface area contributed by atoms with Crippen LogP contribution in [0.15, 0.2) is 54.6 Å². The summed E-state index contributed by atoms with van der Waals surface area (Å²) in [5, 5.41) is 3.30. The molecule has 0 aliphatic rings. The van der Waals surface area contributed by atoms with Crippen molar-refractivity contribution < 1.29 is 9.53 Å². The fourth-order valence-corrected chi connectivity index (χ4v) is 3.06. The molecule has 1 N–H and O–H groups in total. The van der Waals surface area contributed by atoms with Crippen LogP contribution < -0.4 is 10.1 Å². The van der Waals surface area contributed by atoms with Crippen LogP contribution in [0.25, 0.3) is 0 Å². The number of hydrogen-bond donors (Lipinski definition) is 1. The molecule has 2 aromatic rings. The van der Waals surface area contributed by atoms with Gasteiger partial charge in [-0.2, -0.15) is 0 Å². The van der Waals surface area contributed by atoms with E-state index in [2.05, 4.69) is 24.4 Å². The first-order chi connectivity index (χ1) is 11.2. The van der Waals surface area contributed by atoms with Gasteiger partial charge < -0.3 is 10.1 Å². The standard InChI is InChI=1S/C19H23NO2S/c1-15(17-6-4-3-5-7-17)23-14-19(21)20-13-12-16-8-10-18(22-2)11-9-16/h3-11,15H,12-14H2,1-2H3,(H,20,21)/t15-/m0/s1. The summed E-state index contributed by atoms with van der Waals surface area (Å²) in [4.78, 5) is 11.9. The number of amides is 1. The van der Waals surface area contributed by atoms with Crippen LogP contribution in [0.1, 0.15) is 23.3 Å². The normalized spacial score (nSPS) is 11.7. The number of nitrogens with one attached hydrogen (secondary N) is 1. The fourth-order valence-electron chi connectivity index (χ4n) is 2.21. The molecule has 0 saturated carbocycles. The highest BCUT2D eigenvalue weighted by Crippen LogP contribution is 2.27. The highest BCUT2D eigenvalue weighted by Gasteiger charge is 2.08. The Morgan fingerprint density at radius 1 is 1.13 bits per heavy atom. The highest BCUT2D eigenvalue weighted by molar-refractivity contribution is 8.00. The molecule has 0 unspecified atom stereocenters. The van der Waals surface area contributed by atoms with Gasteiger partial charge in [0.25, 0.3) is 0 Å². The topological polar surface area (TPSA) is 38.3 Å². The molecule has 0 aliphatic carbocycles. The molecule has 0 aromatic heterocycles. The molecule has 23 heavy (non-hydrogen) atoms. The van der Waals surface area contributed by atoms with Crippen molar-refractivity contribution in [2.45, 2.75) is 18.6 Å². The van der Waals surface area contributed by atoms with Crippen LogP contribution in [0.4, 0.5) is 0 Å². The van der Waals surface area contributed by atoms with Gasteiger partial charge in [0.15, 0.2) is 0 Å². The molecule has 0 spiro atoms. The number of rotatable bonds is 8. The Hall–Kier alpha value is -1.94. The lowest BCUT2D eigenvalue weighted by atomic mass is 10.1. The number of methoxy groups -OCH3 is 1. The summed E-state index contributed by atoms with van der Waals surface area (Å²) in [7, 11) is 1.66. The molecule has 2 aromatic carbocycles. The Labute approximate surface area is 142 Å². The monoisotopic (exact) mass is 329 g/mol. The van der Waals surface area contributed by atoms with Gasteiger partial charge in [-0.3, -0.25) is 4.79 Å². The predicted octanol–water partition coefficient (Wildman–Crippen LogP) is 3.85. The van der Waals surface area contributed by atoms with Crippen molar-refractivity contribution in [2.24, 2.45) is 0 Å². The van der Waals surface area contributed by atoms with Crippen molar-refractivity contribution >= 4 is 17.7 Å². The van der Waals surface area contributed by atoms with E-state index in [0.29, 0.717) is 17.5 Å². The van der Waals surface area contributed by atoms with E-state index in [1.54, 1.807) is 18.9 Å². The zero-order valence-electron chi connectivity index (χ0n) is 13.6. The average molecular weight is 329 g/mol. The highest BCUT2D eigenvalue weighted by atomic mass is 32.2. The van der Waals surface area contributed by atoms with Crippen LogP contribution >= 0.6 is 11.8 Å². The fraction of sp³-hybridized carbons (Fsp3) is 0.316. The van der Waals surface area contributed by atoms with Gasteiger partial charge in [-0.05, 0) is 36.6 Å². The third-order valence-electron chi connectivity index (χ3n) is 3.63. The minimum atomic E-state index is 0.0892. The van der Waals surface area contributed by atoms with Crippen molar-refractivity contribution in [3.63, 3.8) is 0 Å². The Morgan fingerprint density at radius 3 is 2.48 bits per heavy atom. The summed E-state index contributed by atoms with van der Waals surface area (Å²) in [5.41, 5.74) is 2.44. The van der Waals surface area contributed by atoms with Crippen molar-refractivity contribution in [1.82, 2.24) is 5.32 Å². The lowest BCUT2D eigenvalue weighted by Crippen LogP contribution is -2.27. The predicted molar refractivity (Wildman–Crippen MR) is 97.0 cm³/mol. The first-order valence-corrected chi connectivity index (χ1v) is 8.80. The molecule has 4 heteroatoms. The van der Waals surface area contributed by atoms with E-state index >= 15 is 0 Å². The maximum atomic E-state index is 11.9. The molecule has 0 heterocycles. The van der Waals surface area contributed by atoms with Crippen LogP contribution in [-0.4, -0.2) is 25.3 Å². The summed E-state index contributed by atoms with van der Waals surface area (Å²) in [6.07, 6.45) is 0.828. The maximum Gasteiger partial charge on any atom is 0.230 e. The van der Waals surface area contributed by atoms with Crippen molar-refractivity contribution in [3.05, 3.63) is 65.7 Å². The number of hydrogen-bond acceptors (Lipinski definition) is 3. The molecule has 0 aliphatic heterocycles. The van der Waals surface area contributed by atoms with Gasteiger partial charge in [0.1, 0.15) is 5.75 Å². The van der Waals surface area contributed by atoms with E-state index in [4.69, 9.17) is 4.74 Å². The molecule has 0 radical (unpaired) electrons. The van der Waals surface area contributed by atoms with E-state index in [1.165, 1.54) is 11.1 Å². The second kappa shape index (κ2) is 9.26. The zero-order valence-corrected chi connectivity index (χ0v) is 14.4. The van der Waals surface area contributed by atoms with Gasteiger partial charge in [0.05, 0.1) is 12.9 Å². The number of carbonyl (C=O) groups is 1. The smallest absolute Gasteiger partial charge is 0.230 e. The van der Waals surface area contributed by atoms with E-state index in [9.17, 15) is 4.79 Å². The molecule has 0 fully saturated rings. The molecular formula is C19H23NO2S. The van der Waals surface area contributed by atoms with Gasteiger partial charge in [-0.25, -0.2) is 0 Å². The molecule has 3 nitrogen and oxygen atoms in total. The lowest BCUT2D eigenvalue weighted by molar-refractivity contribution is -0.118. The molecule has 1 amide bonds. The Kier molecular flexibility index (Phi) is 7.01. The van der Waals surface area contributed by atoms with E-state index in [1.807, 2.05) is 42.5 Å². The third-order valence-corrected chi connectivity index (χ3v) is 4.83. The van der Waals surface area contributed by atoms with Crippen LogP contribution in [0.2, 0.25) is 0 Å². The van der Waals surface area contributed by atoms with Gasteiger partial charge in [0.2, 0.25) is 5.91 Å². The SMILES string of the molecule is COc1ccc(CCNC(=O)CS[C@@H](C)c2ccccc2)cc1. The minimum Gasteiger partial charge on any atom is -0.497 e. The Balaban J connectivity index is 1.66. The van der Waals surface area contributed by atoms with Crippen LogP contribution in [0.3, 0.4) is 0 Å². The summed E-state index contributed by atoms with van der Waals surface area (Å²) in [5.74, 6) is 1.42. The number of benzene rings is 2. The Morgan fingerprint density at radius 2 is 1.83 bits per heavy atom. The molecule has 0 bridgehead atoms. The summed E-state index contributed by atoms with van der Waals surface area (Å²) < 4.78 is 5.13. The van der Waals surface area contributed by atoms with Gasteiger partial charge in [-0.15, -0.1) is 11.8 Å². The minimum absolute atomic E-state index is 0.0892. The molecule has 0 saturated heterocycles. The van der Waals surface area contributed by atoms with Crippen molar-refractivity contribution in [2.75, 3.05) is 19.4 Å². The third kappa shape index (κ3) is 5.99. The number of ether oxygens (including phenoxy) is 1. The average Bonchev–Trinajstić information content (AvgIpc) is 2.61. The van der Waals surface area contributed by atoms with Gasteiger partial charge in [-0.1, -0.05) is 42.5 Å². The first kappa shape index (κ1) is 17.4. The maximum absolute atomic E-state index is 11.9. The zero-order chi connectivity index (χ0) is 16.5. The van der Waals surface area contributed by atoms with Crippen LogP contribution in [0.5, 0.6) is 5.75 Å². The molecular weight excluding hydrogens is 306 g/mol. The summed E-state index contributed by atoms with van der Waals surface area (Å²) in [6.45, 7) is 2.79. The molecule has 122 valence electrons. The van der Waals surface area contributed by atoms with E-state index in [-0.39, 0.29) is 5.91 Å². The number of thioether (sulfide) groups is 1. The summed E-state index contributed by atoms with van der Waals surface area (Å²) in [6, 6.07) is 18.2. The lowest BCUT2D eigenvalue weighted by Gasteiger charge is -2.11. The second-order valence-corrected chi connectivity index (χ2v) is 6.64. The summed E-state index contributed by atoms with van der Waals surface area (Å²) >= 11 is 1.66. The largest absolute Gasteiger partial charge is 0.497 e. The molecule has 1 atom stereocenters. The van der Waals surface area contributed by atoms with E-state index in [0.717, 1.165) is 12.2 Å². The van der Waals surface area contributed by atoms with Gasteiger partial charge in [0, 0.05) is 11.8 Å². The quantitative estimate of drug-likeness (QED) is 0.799. The van der Waals surface area contributed by atoms with Crippen LogP contribution in [0, 0.1) is 0 Å². The van der Waals surface area contributed by atoms with Crippen LogP contribution in [-0.2, 0) is 11.2 Å². The van der Waals surface area contributed by atoms with Crippen molar-refractivity contribution in [1.29, 1.82) is 0 Å². The number of carbonyl (C=O) groups excluding carboxylic acids is 1. The second-order valence-electron chi connectivity index (χ2n) is 5.31.